The van der Waals surface area contributed by atoms with Crippen LogP contribution in [0, 0.1) is 11.3 Å². The first-order valence-corrected chi connectivity index (χ1v) is 7.51. The third-order valence-corrected chi connectivity index (χ3v) is 3.36. The minimum absolute atomic E-state index is 0.402. The van der Waals surface area contributed by atoms with Gasteiger partial charge in [0.2, 0.25) is 0 Å². The number of benzene rings is 1. The molecule has 0 fully saturated rings. The fourth-order valence-electron chi connectivity index (χ4n) is 1.77. The lowest BCUT2D eigenvalue weighted by Gasteiger charge is -2.12. The molecule has 0 bridgehead atoms. The van der Waals surface area contributed by atoms with E-state index < -0.39 is 6.10 Å². The number of rotatable bonds is 6. The molecule has 1 aromatic carbocycles. The number of nitriles is 1. The number of aromatic nitrogens is 1. The summed E-state index contributed by atoms with van der Waals surface area (Å²) < 4.78 is 6.56. The van der Waals surface area contributed by atoms with E-state index in [1.165, 1.54) is 0 Å². The Hall–Kier alpha value is -2.06. The second-order valence-electron chi connectivity index (χ2n) is 4.51. The summed E-state index contributed by atoms with van der Waals surface area (Å²) in [5.74, 6) is 1.53. The van der Waals surface area contributed by atoms with Crippen molar-refractivity contribution in [3.8, 4) is 11.8 Å². The highest BCUT2D eigenvalue weighted by Gasteiger charge is 2.06. The molecule has 21 heavy (non-hydrogen) atoms. The summed E-state index contributed by atoms with van der Waals surface area (Å²) in [7, 11) is 0. The standard InChI is InChI=1S/C16H16BrN3O/c1-2-14(9-18)21-15-5-3-4-12(8-15)10-19-16-7-6-13(17)11-20-16/h3-8,11,14H,2,10H2,1H3,(H,19,20). The van der Waals surface area contributed by atoms with Crippen molar-refractivity contribution in [3.63, 3.8) is 0 Å². The average Bonchev–Trinajstić information content (AvgIpc) is 2.52. The Morgan fingerprint density at radius 1 is 1.38 bits per heavy atom. The first-order valence-electron chi connectivity index (χ1n) is 6.72. The molecule has 0 spiro atoms. The zero-order valence-corrected chi connectivity index (χ0v) is 13.3. The fraction of sp³-hybridized carbons (Fsp3) is 0.250. The second kappa shape index (κ2) is 7.65. The highest BCUT2D eigenvalue weighted by molar-refractivity contribution is 9.10. The summed E-state index contributed by atoms with van der Waals surface area (Å²) in [6, 6.07) is 13.7. The minimum Gasteiger partial charge on any atom is -0.476 e. The van der Waals surface area contributed by atoms with Crippen molar-refractivity contribution < 1.29 is 4.74 Å². The largest absolute Gasteiger partial charge is 0.476 e. The summed E-state index contributed by atoms with van der Waals surface area (Å²) in [6.07, 6.45) is 2.02. The van der Waals surface area contributed by atoms with Crippen molar-refractivity contribution in [2.45, 2.75) is 26.0 Å². The molecule has 108 valence electrons. The van der Waals surface area contributed by atoms with Crippen LogP contribution in [0.15, 0.2) is 47.1 Å². The molecule has 0 aliphatic carbocycles. The average molecular weight is 346 g/mol. The van der Waals surface area contributed by atoms with Gasteiger partial charge in [0.15, 0.2) is 6.10 Å². The molecule has 0 saturated carbocycles. The molecule has 1 heterocycles. The van der Waals surface area contributed by atoms with E-state index in [0.29, 0.717) is 18.7 Å². The van der Waals surface area contributed by atoms with Gasteiger partial charge < -0.3 is 10.1 Å². The lowest BCUT2D eigenvalue weighted by molar-refractivity contribution is 0.251. The van der Waals surface area contributed by atoms with E-state index in [-0.39, 0.29) is 0 Å². The number of hydrogen-bond donors (Lipinski definition) is 1. The van der Waals surface area contributed by atoms with Crippen LogP contribution in [0.25, 0.3) is 0 Å². The zero-order valence-electron chi connectivity index (χ0n) is 11.7. The van der Waals surface area contributed by atoms with E-state index in [2.05, 4.69) is 32.3 Å². The van der Waals surface area contributed by atoms with Crippen molar-refractivity contribution in [1.82, 2.24) is 4.98 Å². The number of nitrogens with one attached hydrogen (secondary N) is 1. The van der Waals surface area contributed by atoms with Crippen LogP contribution < -0.4 is 10.1 Å². The first kappa shape index (κ1) is 15.3. The van der Waals surface area contributed by atoms with E-state index >= 15 is 0 Å². The van der Waals surface area contributed by atoms with Gasteiger partial charge in [0.1, 0.15) is 17.6 Å². The first-order chi connectivity index (χ1) is 10.2. The Balaban J connectivity index is 1.97. The van der Waals surface area contributed by atoms with E-state index in [9.17, 15) is 0 Å². The van der Waals surface area contributed by atoms with Crippen molar-refractivity contribution in [1.29, 1.82) is 5.26 Å². The highest BCUT2D eigenvalue weighted by Crippen LogP contribution is 2.17. The number of hydrogen-bond acceptors (Lipinski definition) is 4. The SMILES string of the molecule is CCC(C#N)Oc1cccc(CNc2ccc(Br)cn2)c1. The van der Waals surface area contributed by atoms with Crippen molar-refractivity contribution in [2.24, 2.45) is 0 Å². The predicted octanol–water partition coefficient (Wildman–Crippen LogP) is 4.14. The summed E-state index contributed by atoms with van der Waals surface area (Å²) >= 11 is 3.35. The van der Waals surface area contributed by atoms with Crippen LogP contribution in [0.1, 0.15) is 18.9 Å². The van der Waals surface area contributed by atoms with Gasteiger partial charge in [-0.25, -0.2) is 4.98 Å². The predicted molar refractivity (Wildman–Crippen MR) is 86.0 cm³/mol. The molecule has 1 atom stereocenters. The third kappa shape index (κ3) is 4.76. The monoisotopic (exact) mass is 345 g/mol. The third-order valence-electron chi connectivity index (χ3n) is 2.89. The maximum Gasteiger partial charge on any atom is 0.184 e. The summed E-state index contributed by atoms with van der Waals surface area (Å²) in [5.41, 5.74) is 1.07. The minimum atomic E-state index is -0.402. The summed E-state index contributed by atoms with van der Waals surface area (Å²) in [4.78, 5) is 4.26. The second-order valence-corrected chi connectivity index (χ2v) is 5.42. The molecular weight excluding hydrogens is 330 g/mol. The van der Waals surface area contributed by atoms with Gasteiger partial charge in [-0.15, -0.1) is 0 Å². The molecule has 2 aromatic rings. The zero-order chi connectivity index (χ0) is 15.1. The maximum atomic E-state index is 8.93. The molecule has 5 heteroatoms. The lowest BCUT2D eigenvalue weighted by Crippen LogP contribution is -2.12. The number of halogens is 1. The Morgan fingerprint density at radius 3 is 2.90 bits per heavy atom. The Morgan fingerprint density at radius 2 is 2.24 bits per heavy atom. The van der Waals surface area contributed by atoms with Gasteiger partial charge >= 0.3 is 0 Å². The molecule has 0 aliphatic rings. The van der Waals surface area contributed by atoms with Gasteiger partial charge in [-0.2, -0.15) is 5.26 Å². The molecule has 1 aromatic heterocycles. The molecule has 0 amide bonds. The van der Waals surface area contributed by atoms with Crippen LogP contribution in [-0.4, -0.2) is 11.1 Å². The maximum absolute atomic E-state index is 8.93. The molecule has 1 unspecified atom stereocenters. The fourth-order valence-corrected chi connectivity index (χ4v) is 2.00. The van der Waals surface area contributed by atoms with Crippen molar-refractivity contribution >= 4 is 21.7 Å². The van der Waals surface area contributed by atoms with Crippen LogP contribution in [0.3, 0.4) is 0 Å². The molecule has 0 aliphatic heterocycles. The summed E-state index contributed by atoms with van der Waals surface area (Å²) in [5, 5.41) is 12.2. The van der Waals surface area contributed by atoms with Crippen LogP contribution in [0.5, 0.6) is 5.75 Å². The van der Waals surface area contributed by atoms with Crippen LogP contribution in [0.2, 0.25) is 0 Å². The Labute approximate surface area is 132 Å². The van der Waals surface area contributed by atoms with Gasteiger partial charge in [0.05, 0.1) is 0 Å². The molecule has 4 nitrogen and oxygen atoms in total. The Bertz CT molecular complexity index is 622. The number of nitrogens with zero attached hydrogens (tertiary/aromatic N) is 2. The molecule has 0 radical (unpaired) electrons. The number of anilines is 1. The molecule has 1 N–H and O–H groups in total. The van der Waals surface area contributed by atoms with Crippen LogP contribution in [-0.2, 0) is 6.54 Å². The van der Waals surface area contributed by atoms with Gasteiger partial charge in [0.25, 0.3) is 0 Å². The lowest BCUT2D eigenvalue weighted by atomic mass is 10.2. The van der Waals surface area contributed by atoms with Gasteiger partial charge in [0, 0.05) is 17.2 Å². The van der Waals surface area contributed by atoms with Crippen molar-refractivity contribution in [2.75, 3.05) is 5.32 Å². The van der Waals surface area contributed by atoms with Gasteiger partial charge in [-0.05, 0) is 52.2 Å². The Kier molecular flexibility index (Phi) is 5.59. The number of ether oxygens (including phenoxy) is 1. The van der Waals surface area contributed by atoms with E-state index in [0.717, 1.165) is 15.9 Å². The van der Waals surface area contributed by atoms with Crippen molar-refractivity contribution in [3.05, 3.63) is 52.6 Å². The van der Waals surface area contributed by atoms with Crippen LogP contribution >= 0.6 is 15.9 Å². The highest BCUT2D eigenvalue weighted by atomic mass is 79.9. The van der Waals surface area contributed by atoms with E-state index in [1.807, 2.05) is 43.3 Å². The normalized spacial score (nSPS) is 11.5. The molecule has 0 saturated heterocycles. The van der Waals surface area contributed by atoms with E-state index in [1.54, 1.807) is 6.20 Å². The van der Waals surface area contributed by atoms with Crippen LogP contribution in [0.4, 0.5) is 5.82 Å². The topological polar surface area (TPSA) is 57.9 Å². The smallest absolute Gasteiger partial charge is 0.184 e. The van der Waals surface area contributed by atoms with Gasteiger partial charge in [-0.1, -0.05) is 19.1 Å². The van der Waals surface area contributed by atoms with Gasteiger partial charge in [-0.3, -0.25) is 0 Å². The molecule has 2 rings (SSSR count). The number of pyridine rings is 1. The van der Waals surface area contributed by atoms with E-state index in [4.69, 9.17) is 10.00 Å². The summed E-state index contributed by atoms with van der Waals surface area (Å²) in [6.45, 7) is 2.58. The quantitative estimate of drug-likeness (QED) is 0.854. The molecular formula is C16H16BrN3O.